The molecular weight excluding hydrogens is 136 g/mol. The molecule has 0 fully saturated rings. The van der Waals surface area contributed by atoms with Gasteiger partial charge in [-0.2, -0.15) is 13.8 Å². The van der Waals surface area contributed by atoms with Gasteiger partial charge in [0, 0.05) is 0 Å². The Hall–Kier alpha value is -1.11. The zero-order valence-electron chi connectivity index (χ0n) is 3.53. The number of hydrogen-bond acceptors (Lipinski definition) is 4. The van der Waals surface area contributed by atoms with E-state index in [2.05, 4.69) is 4.47 Å². The Morgan fingerprint density at radius 1 is 1.62 bits per heavy atom. The first-order valence-corrected chi connectivity index (χ1v) is 2.45. The van der Waals surface area contributed by atoms with E-state index in [1.165, 1.54) is 5.43 Å². The monoisotopic (exact) mass is 138 g/mol. The van der Waals surface area contributed by atoms with Crippen LogP contribution in [0.1, 0.15) is 0 Å². The summed E-state index contributed by atoms with van der Waals surface area (Å²) in [7, 11) is -2.70. The van der Waals surface area contributed by atoms with Crippen molar-refractivity contribution in [2.24, 2.45) is 4.47 Å². The van der Waals surface area contributed by atoms with Crippen molar-refractivity contribution in [1.29, 1.82) is 0 Å². The molecule has 0 saturated heterocycles. The lowest BCUT2D eigenvalue weighted by atomic mass is 11.3. The van der Waals surface area contributed by atoms with Gasteiger partial charge >= 0.3 is 16.6 Å². The van der Waals surface area contributed by atoms with E-state index in [1.54, 1.807) is 0 Å². The number of rotatable bonds is 1. The first kappa shape index (κ1) is 6.89. The molecule has 0 rings (SSSR count). The molecule has 0 atom stereocenters. The second kappa shape index (κ2) is 2.97. The fourth-order valence-corrected chi connectivity index (χ4v) is 0.229. The molecule has 0 heterocycles. The van der Waals surface area contributed by atoms with Gasteiger partial charge in [-0.1, -0.05) is 0 Å². The van der Waals surface area contributed by atoms with E-state index in [9.17, 15) is 13.2 Å². The number of carbonyl (C=O) groups is 1. The van der Waals surface area contributed by atoms with E-state index >= 15 is 0 Å². The van der Waals surface area contributed by atoms with Gasteiger partial charge in [-0.3, -0.25) is 0 Å². The molecule has 0 spiro atoms. The van der Waals surface area contributed by atoms with Crippen molar-refractivity contribution < 1.29 is 18.3 Å². The van der Waals surface area contributed by atoms with Gasteiger partial charge in [0.2, 0.25) is 0 Å². The molecule has 0 unspecified atom stereocenters. The first-order valence-electron chi connectivity index (χ1n) is 1.42. The number of nitrogens with zero attached hydrogens (tertiary/aromatic N) is 1. The third-order valence-corrected chi connectivity index (χ3v) is 0.456. The van der Waals surface area contributed by atoms with E-state index in [-0.39, 0.29) is 0 Å². The van der Waals surface area contributed by atoms with Gasteiger partial charge in [-0.05, 0) is 4.47 Å². The molecular formula is CH2N2O4S. The van der Waals surface area contributed by atoms with Crippen molar-refractivity contribution in [3.8, 4) is 0 Å². The largest absolute Gasteiger partial charge is 0.464 e. The molecule has 1 amide bonds. The Bertz CT molecular complexity index is 194. The molecule has 0 saturated carbocycles. The van der Waals surface area contributed by atoms with E-state index < -0.39 is 16.6 Å². The highest BCUT2D eigenvalue weighted by molar-refractivity contribution is 7.61. The molecule has 0 aliphatic carbocycles. The van der Waals surface area contributed by atoms with Gasteiger partial charge < -0.3 is 5.11 Å². The lowest BCUT2D eigenvalue weighted by molar-refractivity contribution is 0.195. The molecule has 0 aromatic rings. The Labute approximate surface area is 45.8 Å². The highest BCUT2D eigenvalue weighted by Gasteiger charge is 1.85. The van der Waals surface area contributed by atoms with Crippen LogP contribution in [0.15, 0.2) is 4.47 Å². The summed E-state index contributed by atoms with van der Waals surface area (Å²) in [5.74, 6) is 0. The first-order chi connectivity index (χ1) is 3.63. The topological polar surface area (TPSA) is 95.8 Å². The summed E-state index contributed by atoms with van der Waals surface area (Å²) in [5, 5.41) is 7.68. The van der Waals surface area contributed by atoms with E-state index in [0.29, 0.717) is 0 Å². The average Bonchev–Trinajstić information content (AvgIpc) is 1.61. The SMILES string of the molecule is O=C(O)NN=S(=O)=O. The van der Waals surface area contributed by atoms with Crippen LogP contribution in [0.25, 0.3) is 0 Å². The number of amides is 1. The summed E-state index contributed by atoms with van der Waals surface area (Å²) in [5.41, 5.74) is 1.27. The smallest absolute Gasteiger partial charge is 0.426 e. The fourth-order valence-electron chi connectivity index (χ4n) is 0.0763. The Balaban J connectivity index is 3.81. The maximum absolute atomic E-state index is 9.43. The predicted molar refractivity (Wildman–Crippen MR) is 22.5 cm³/mol. The van der Waals surface area contributed by atoms with Crippen LogP contribution in [0.2, 0.25) is 0 Å². The molecule has 0 aromatic carbocycles. The van der Waals surface area contributed by atoms with Crippen LogP contribution in [0.5, 0.6) is 0 Å². The molecule has 0 aromatic heterocycles. The Morgan fingerprint density at radius 2 is 2.12 bits per heavy atom. The Morgan fingerprint density at radius 3 is 2.25 bits per heavy atom. The van der Waals surface area contributed by atoms with Crippen LogP contribution in [-0.2, 0) is 10.5 Å². The van der Waals surface area contributed by atoms with Crippen molar-refractivity contribution >= 4 is 16.6 Å². The number of nitrogens with one attached hydrogen (secondary N) is 1. The third-order valence-electron chi connectivity index (χ3n) is 0.216. The lowest BCUT2D eigenvalue weighted by Crippen LogP contribution is -2.12. The highest BCUT2D eigenvalue weighted by atomic mass is 32.2. The van der Waals surface area contributed by atoms with E-state index in [1.807, 2.05) is 0 Å². The summed E-state index contributed by atoms with van der Waals surface area (Å²) in [6.07, 6.45) is -1.51. The summed E-state index contributed by atoms with van der Waals surface area (Å²) >= 11 is 0. The second-order valence-electron chi connectivity index (χ2n) is 0.725. The van der Waals surface area contributed by atoms with Gasteiger partial charge in [-0.25, -0.2) is 4.79 Å². The molecule has 7 heteroatoms. The van der Waals surface area contributed by atoms with Gasteiger partial charge in [0.05, 0.1) is 0 Å². The molecule has 0 aliphatic rings. The van der Waals surface area contributed by atoms with Crippen LogP contribution in [-0.4, -0.2) is 19.6 Å². The van der Waals surface area contributed by atoms with Gasteiger partial charge in [0.15, 0.2) is 0 Å². The highest BCUT2D eigenvalue weighted by Crippen LogP contribution is 1.57. The van der Waals surface area contributed by atoms with Crippen LogP contribution >= 0.6 is 0 Å². The molecule has 0 aliphatic heterocycles. The molecule has 8 heavy (non-hydrogen) atoms. The maximum Gasteiger partial charge on any atom is 0.426 e. The van der Waals surface area contributed by atoms with Crippen molar-refractivity contribution in [2.45, 2.75) is 0 Å². The zero-order chi connectivity index (χ0) is 6.57. The molecule has 0 bridgehead atoms. The molecule has 0 radical (unpaired) electrons. The molecule has 2 N–H and O–H groups in total. The fraction of sp³-hybridized carbons (Fsp3) is 0. The Kier molecular flexibility index (Phi) is 2.56. The number of carboxylic acid groups (broad SMARTS) is 1. The van der Waals surface area contributed by atoms with Crippen molar-refractivity contribution in [2.75, 3.05) is 0 Å². The lowest BCUT2D eigenvalue weighted by Gasteiger charge is -1.79. The van der Waals surface area contributed by atoms with E-state index in [4.69, 9.17) is 5.11 Å². The maximum atomic E-state index is 9.43. The predicted octanol–water partition coefficient (Wildman–Crippen LogP) is -0.768. The third kappa shape index (κ3) is 4.89. The minimum atomic E-state index is -2.70. The zero-order valence-corrected chi connectivity index (χ0v) is 4.34. The van der Waals surface area contributed by atoms with Gasteiger partial charge in [-0.15, -0.1) is 0 Å². The molecule has 6 nitrogen and oxygen atoms in total. The minimum Gasteiger partial charge on any atom is -0.464 e. The van der Waals surface area contributed by atoms with Crippen molar-refractivity contribution in [3.63, 3.8) is 0 Å². The van der Waals surface area contributed by atoms with E-state index in [0.717, 1.165) is 0 Å². The summed E-state index contributed by atoms with van der Waals surface area (Å²) < 4.78 is 21.2. The van der Waals surface area contributed by atoms with Gasteiger partial charge in [0.1, 0.15) is 0 Å². The second-order valence-corrected chi connectivity index (χ2v) is 1.34. The van der Waals surface area contributed by atoms with Gasteiger partial charge in [0.25, 0.3) is 0 Å². The normalized spacial score (nSPS) is 7.50. The van der Waals surface area contributed by atoms with Crippen molar-refractivity contribution in [1.82, 2.24) is 5.43 Å². The molecule has 46 valence electrons. The summed E-state index contributed by atoms with van der Waals surface area (Å²) in [6.45, 7) is 0. The quantitative estimate of drug-likeness (QED) is 0.465. The van der Waals surface area contributed by atoms with Crippen LogP contribution in [0, 0.1) is 0 Å². The minimum absolute atomic E-state index is 1.27. The van der Waals surface area contributed by atoms with Crippen LogP contribution < -0.4 is 5.43 Å². The van der Waals surface area contributed by atoms with Crippen molar-refractivity contribution in [3.05, 3.63) is 0 Å². The summed E-state index contributed by atoms with van der Waals surface area (Å²) in [4.78, 5) is 9.43. The van der Waals surface area contributed by atoms with Crippen LogP contribution in [0.3, 0.4) is 0 Å². The average molecular weight is 138 g/mol. The summed E-state index contributed by atoms with van der Waals surface area (Å²) in [6, 6.07) is 0. The standard InChI is InChI=1S/CH2N2O4S/c4-1(5)2-3-8(6)7/h2H,(H,4,5). The van der Waals surface area contributed by atoms with Crippen LogP contribution in [0.4, 0.5) is 4.79 Å². The number of hydrogen-bond donors (Lipinski definition) is 2.